The molecule has 1 radical (unpaired) electrons. The maximum Gasteiger partial charge on any atom is 0.278 e. The second-order valence-electron chi connectivity index (χ2n) is 2.01. The first-order valence-electron chi connectivity index (χ1n) is 2.92. The van der Waals surface area contributed by atoms with Crippen molar-refractivity contribution < 1.29 is 42.6 Å². The second kappa shape index (κ2) is 4.63. The molecular weight excluding hydrogens is 217 g/mol. The van der Waals surface area contributed by atoms with Crippen LogP contribution in [0, 0.1) is 13.0 Å². The molecule has 2 nitrogen and oxygen atoms in total. The first kappa shape index (κ1) is 10.8. The van der Waals surface area contributed by atoms with Crippen LogP contribution in [-0.4, -0.2) is 11.1 Å². The van der Waals surface area contributed by atoms with Gasteiger partial charge in [0.1, 0.15) is 0 Å². The molecule has 0 saturated carbocycles. The zero-order valence-corrected chi connectivity index (χ0v) is 9.00. The number of hydrogen-bond acceptors (Lipinski definition) is 1. The Labute approximate surface area is 90.5 Å². The fourth-order valence-electron chi connectivity index (χ4n) is 0.752. The van der Waals surface area contributed by atoms with E-state index in [9.17, 15) is 4.79 Å². The molecule has 0 aliphatic rings. The summed E-state index contributed by atoms with van der Waals surface area (Å²) in [5, 5.41) is 8.55. The molecule has 0 atom stereocenters. The number of carbonyl (C=O) groups is 1. The van der Waals surface area contributed by atoms with Crippen LogP contribution in [0.3, 0.4) is 0 Å². The quantitative estimate of drug-likeness (QED) is 0.733. The zero-order chi connectivity index (χ0) is 7.56. The number of aryl methyl sites for hydroxylation is 1. The molecule has 0 aromatic heterocycles. The first-order valence-corrected chi connectivity index (χ1v) is 2.92. The standard InChI is InChI=1S/C8H7O2.Y/c1-6-4-2-3-5-7(6)8(9)10;/h2-3,5H,1H3,(H,9,10);/q-1;. The summed E-state index contributed by atoms with van der Waals surface area (Å²) in [7, 11) is 0. The number of hydrogen-bond donors (Lipinski definition) is 1. The van der Waals surface area contributed by atoms with E-state index >= 15 is 0 Å². The van der Waals surface area contributed by atoms with E-state index in [2.05, 4.69) is 6.07 Å². The SMILES string of the molecule is Cc1[c-]cccc1C(=O)O.[Y]. The van der Waals surface area contributed by atoms with E-state index in [1.54, 1.807) is 25.1 Å². The van der Waals surface area contributed by atoms with Gasteiger partial charge < -0.3 is 5.11 Å². The fourth-order valence-corrected chi connectivity index (χ4v) is 0.752. The molecule has 0 saturated heterocycles. The zero-order valence-electron chi connectivity index (χ0n) is 6.16. The summed E-state index contributed by atoms with van der Waals surface area (Å²) in [6.45, 7) is 1.73. The minimum Gasteiger partial charge on any atom is -0.487 e. The molecule has 3 heteroatoms. The van der Waals surface area contributed by atoms with Gasteiger partial charge in [-0.15, -0.1) is 0 Å². The van der Waals surface area contributed by atoms with Crippen LogP contribution in [-0.2, 0) is 32.7 Å². The number of rotatable bonds is 1. The predicted molar refractivity (Wildman–Crippen MR) is 37.0 cm³/mol. The summed E-state index contributed by atoms with van der Waals surface area (Å²) in [5.41, 5.74) is 0.998. The molecule has 0 amide bonds. The van der Waals surface area contributed by atoms with Crippen molar-refractivity contribution in [1.82, 2.24) is 0 Å². The van der Waals surface area contributed by atoms with Crippen LogP contribution in [0.4, 0.5) is 0 Å². The second-order valence-corrected chi connectivity index (χ2v) is 2.01. The molecule has 0 aliphatic heterocycles. The summed E-state index contributed by atoms with van der Waals surface area (Å²) in [6, 6.07) is 7.72. The summed E-state index contributed by atoms with van der Waals surface area (Å²) >= 11 is 0. The maximum absolute atomic E-state index is 10.4. The Morgan fingerprint density at radius 2 is 2.27 bits per heavy atom. The molecule has 1 rings (SSSR count). The summed E-state index contributed by atoms with van der Waals surface area (Å²) < 4.78 is 0. The van der Waals surface area contributed by atoms with Crippen LogP contribution in [0.5, 0.6) is 0 Å². The summed E-state index contributed by atoms with van der Waals surface area (Å²) in [4.78, 5) is 10.4. The smallest absolute Gasteiger partial charge is 0.278 e. The van der Waals surface area contributed by atoms with Crippen LogP contribution >= 0.6 is 0 Å². The van der Waals surface area contributed by atoms with Crippen molar-refractivity contribution in [3.8, 4) is 0 Å². The number of carboxylic acids is 1. The number of benzene rings is 1. The summed E-state index contributed by atoms with van der Waals surface area (Å²) in [6.07, 6.45) is 0. The van der Waals surface area contributed by atoms with E-state index < -0.39 is 5.97 Å². The van der Waals surface area contributed by atoms with Crippen molar-refractivity contribution in [2.75, 3.05) is 0 Å². The number of aromatic carboxylic acids is 1. The van der Waals surface area contributed by atoms with Crippen LogP contribution in [0.2, 0.25) is 0 Å². The molecule has 0 heterocycles. The Hall–Kier alpha value is -0.206. The van der Waals surface area contributed by atoms with Gasteiger partial charge in [0.25, 0.3) is 5.97 Å². The average Bonchev–Trinajstić information content (AvgIpc) is 1.88. The van der Waals surface area contributed by atoms with E-state index in [4.69, 9.17) is 5.11 Å². The maximum atomic E-state index is 10.4. The van der Waals surface area contributed by atoms with Gasteiger partial charge in [0.05, 0.1) is 0 Å². The van der Waals surface area contributed by atoms with E-state index in [0.29, 0.717) is 11.1 Å². The van der Waals surface area contributed by atoms with Gasteiger partial charge in [-0.25, -0.2) is 0 Å². The van der Waals surface area contributed by atoms with Crippen molar-refractivity contribution in [2.45, 2.75) is 6.92 Å². The van der Waals surface area contributed by atoms with Gasteiger partial charge in [0, 0.05) is 32.7 Å². The van der Waals surface area contributed by atoms with Crippen LogP contribution in [0.25, 0.3) is 0 Å². The van der Waals surface area contributed by atoms with E-state index in [1.165, 1.54) is 0 Å². The largest absolute Gasteiger partial charge is 0.487 e. The van der Waals surface area contributed by atoms with Gasteiger partial charge >= 0.3 is 0 Å². The molecule has 0 aliphatic carbocycles. The van der Waals surface area contributed by atoms with Crippen molar-refractivity contribution in [2.24, 2.45) is 0 Å². The molecule has 1 aromatic carbocycles. The molecule has 1 aromatic rings. The van der Waals surface area contributed by atoms with Crippen molar-refractivity contribution in [3.05, 3.63) is 35.4 Å². The van der Waals surface area contributed by atoms with Gasteiger partial charge in [0.2, 0.25) is 0 Å². The topological polar surface area (TPSA) is 37.3 Å². The first-order chi connectivity index (χ1) is 4.72. The Bertz CT molecular complexity index is 258. The van der Waals surface area contributed by atoms with E-state index in [1.807, 2.05) is 0 Å². The molecule has 0 unspecified atom stereocenters. The average molecular weight is 224 g/mol. The van der Waals surface area contributed by atoms with Crippen LogP contribution in [0.15, 0.2) is 18.2 Å². The predicted octanol–water partition coefficient (Wildman–Crippen LogP) is 1.49. The van der Waals surface area contributed by atoms with Crippen LogP contribution < -0.4 is 0 Å². The van der Waals surface area contributed by atoms with Crippen LogP contribution in [0.1, 0.15) is 15.9 Å². The molecule has 0 fully saturated rings. The van der Waals surface area contributed by atoms with E-state index in [-0.39, 0.29) is 32.7 Å². The fraction of sp³-hybridized carbons (Fsp3) is 0.125. The molecule has 55 valence electrons. The Kier molecular flexibility index (Phi) is 4.54. The Morgan fingerprint density at radius 3 is 2.64 bits per heavy atom. The minimum atomic E-state index is -0.894. The third kappa shape index (κ3) is 2.72. The normalized spacial score (nSPS) is 8.45. The van der Waals surface area contributed by atoms with Gasteiger partial charge in [0.15, 0.2) is 0 Å². The van der Waals surface area contributed by atoms with Gasteiger partial charge in [-0.3, -0.25) is 4.79 Å². The van der Waals surface area contributed by atoms with Crippen molar-refractivity contribution >= 4 is 5.97 Å². The number of carboxylic acid groups (broad SMARTS) is 1. The van der Waals surface area contributed by atoms with Gasteiger partial charge in [-0.2, -0.15) is 29.8 Å². The molecule has 0 bridgehead atoms. The van der Waals surface area contributed by atoms with Crippen molar-refractivity contribution in [3.63, 3.8) is 0 Å². The molecule has 0 spiro atoms. The summed E-state index contributed by atoms with van der Waals surface area (Å²) in [5.74, 6) is -0.894. The molecule has 11 heavy (non-hydrogen) atoms. The van der Waals surface area contributed by atoms with Gasteiger partial charge in [-0.1, -0.05) is 6.92 Å². The van der Waals surface area contributed by atoms with Crippen molar-refractivity contribution in [1.29, 1.82) is 0 Å². The third-order valence-electron chi connectivity index (χ3n) is 1.29. The minimum absolute atomic E-state index is 0. The van der Waals surface area contributed by atoms with E-state index in [0.717, 1.165) is 0 Å². The Morgan fingerprint density at radius 1 is 1.64 bits per heavy atom. The molecule has 1 N–H and O–H groups in total. The Balaban J connectivity index is 0.000001000. The monoisotopic (exact) mass is 224 g/mol. The van der Waals surface area contributed by atoms with Gasteiger partial charge in [-0.05, 0) is 5.56 Å². The third-order valence-corrected chi connectivity index (χ3v) is 1.29. The molecular formula is C8H7O2Y-.